The zero-order valence-electron chi connectivity index (χ0n) is 12.7. The molecule has 2 aromatic rings. The van der Waals surface area contributed by atoms with E-state index >= 15 is 0 Å². The van der Waals surface area contributed by atoms with Gasteiger partial charge in [-0.3, -0.25) is 4.79 Å². The number of thioether (sulfide) groups is 1. The molecule has 0 spiro atoms. The van der Waals surface area contributed by atoms with Gasteiger partial charge in [0.2, 0.25) is 0 Å². The van der Waals surface area contributed by atoms with Crippen molar-refractivity contribution in [3.05, 3.63) is 64.2 Å². The van der Waals surface area contributed by atoms with Crippen molar-refractivity contribution >= 4 is 29.3 Å². The van der Waals surface area contributed by atoms with E-state index in [2.05, 4.69) is 0 Å². The fourth-order valence-corrected chi connectivity index (χ4v) is 3.72. The number of amides is 1. The van der Waals surface area contributed by atoms with Crippen molar-refractivity contribution < 1.29 is 9.90 Å². The molecule has 2 aromatic carbocycles. The second-order valence-corrected chi connectivity index (χ2v) is 7.03. The van der Waals surface area contributed by atoms with Gasteiger partial charge in [-0.1, -0.05) is 23.7 Å². The highest BCUT2D eigenvalue weighted by atomic mass is 35.5. The Bertz CT molecular complexity index is 703. The quantitative estimate of drug-likeness (QED) is 0.859. The molecular formula is C18H18ClNO2S. The average molecular weight is 348 g/mol. The number of carbonyl (C=O) groups excluding carboxylic acids is 1. The van der Waals surface area contributed by atoms with E-state index in [-0.39, 0.29) is 12.5 Å². The Labute approximate surface area is 145 Å². The lowest BCUT2D eigenvalue weighted by molar-refractivity contribution is 0.0734. The van der Waals surface area contributed by atoms with Crippen LogP contribution in [0, 0.1) is 0 Å². The van der Waals surface area contributed by atoms with Crippen molar-refractivity contribution in [2.75, 3.05) is 18.9 Å². The van der Waals surface area contributed by atoms with Crippen LogP contribution in [0.4, 0.5) is 0 Å². The number of halogens is 1. The van der Waals surface area contributed by atoms with Crippen molar-refractivity contribution in [1.29, 1.82) is 0 Å². The Kier molecular flexibility index (Phi) is 5.26. The molecule has 5 heteroatoms. The summed E-state index contributed by atoms with van der Waals surface area (Å²) in [6.45, 7) is 1.45. The minimum absolute atomic E-state index is 0.0503. The first-order valence-electron chi connectivity index (χ1n) is 7.58. The number of rotatable bonds is 4. The van der Waals surface area contributed by atoms with E-state index < -0.39 is 0 Å². The van der Waals surface area contributed by atoms with Crippen LogP contribution in [-0.2, 0) is 13.0 Å². The predicted molar refractivity (Wildman–Crippen MR) is 94.1 cm³/mol. The van der Waals surface area contributed by atoms with Crippen LogP contribution in [-0.4, -0.2) is 34.8 Å². The Morgan fingerprint density at radius 1 is 1.22 bits per heavy atom. The van der Waals surface area contributed by atoms with Crippen molar-refractivity contribution in [2.45, 2.75) is 17.9 Å². The van der Waals surface area contributed by atoms with Gasteiger partial charge in [0.1, 0.15) is 0 Å². The summed E-state index contributed by atoms with van der Waals surface area (Å²) in [5.74, 6) is 0.714. The van der Waals surface area contributed by atoms with E-state index in [1.807, 2.05) is 47.4 Å². The summed E-state index contributed by atoms with van der Waals surface area (Å²) in [5, 5.41) is 9.64. The Hall–Kier alpha value is -1.49. The molecular weight excluding hydrogens is 330 g/mol. The number of nitrogens with zero attached hydrogens (tertiary/aromatic N) is 1. The van der Waals surface area contributed by atoms with Crippen LogP contribution in [0.25, 0.3) is 0 Å². The van der Waals surface area contributed by atoms with Crippen molar-refractivity contribution in [1.82, 2.24) is 4.90 Å². The van der Waals surface area contributed by atoms with Crippen LogP contribution in [0.5, 0.6) is 0 Å². The lowest BCUT2D eigenvalue weighted by atomic mass is 9.99. The highest BCUT2D eigenvalue weighted by molar-refractivity contribution is 7.99. The van der Waals surface area contributed by atoms with Gasteiger partial charge in [-0.25, -0.2) is 0 Å². The predicted octanol–water partition coefficient (Wildman–Crippen LogP) is 3.62. The fraction of sp³-hybridized carbons (Fsp3) is 0.278. The summed E-state index contributed by atoms with van der Waals surface area (Å²) in [4.78, 5) is 15.6. The molecule has 1 N–H and O–H groups in total. The molecule has 3 nitrogen and oxygen atoms in total. The molecule has 23 heavy (non-hydrogen) atoms. The van der Waals surface area contributed by atoms with Gasteiger partial charge < -0.3 is 10.0 Å². The first-order chi connectivity index (χ1) is 11.2. The van der Waals surface area contributed by atoms with Gasteiger partial charge in [-0.2, -0.15) is 0 Å². The lowest BCUT2D eigenvalue weighted by Gasteiger charge is -2.29. The molecule has 0 unspecified atom stereocenters. The molecule has 1 heterocycles. The van der Waals surface area contributed by atoms with Crippen molar-refractivity contribution in [3.8, 4) is 0 Å². The summed E-state index contributed by atoms with van der Waals surface area (Å²) in [6, 6.07) is 13.5. The number of aliphatic hydroxyl groups excluding tert-OH is 1. The third-order valence-electron chi connectivity index (χ3n) is 3.96. The van der Waals surface area contributed by atoms with Crippen LogP contribution in [0.1, 0.15) is 21.5 Å². The molecule has 0 saturated carbocycles. The normalized spacial score (nSPS) is 13.7. The number of hydrogen-bond acceptors (Lipinski definition) is 3. The third kappa shape index (κ3) is 3.71. The largest absolute Gasteiger partial charge is 0.396 e. The van der Waals surface area contributed by atoms with Gasteiger partial charge in [0, 0.05) is 34.3 Å². The van der Waals surface area contributed by atoms with Crippen LogP contribution in [0.3, 0.4) is 0 Å². The molecule has 1 aliphatic heterocycles. The van der Waals surface area contributed by atoms with E-state index in [9.17, 15) is 4.79 Å². The fourth-order valence-electron chi connectivity index (χ4n) is 2.78. The van der Waals surface area contributed by atoms with Gasteiger partial charge in [0.25, 0.3) is 5.91 Å². The SMILES string of the molecule is O=C(c1ccc(SCCO)cc1)N1CCc2c(Cl)cccc2C1. The third-order valence-corrected chi connectivity index (χ3v) is 5.30. The molecule has 1 amide bonds. The topological polar surface area (TPSA) is 40.5 Å². The van der Waals surface area contributed by atoms with Crippen LogP contribution >= 0.6 is 23.4 Å². The number of hydrogen-bond donors (Lipinski definition) is 1. The molecule has 0 radical (unpaired) electrons. The standard InChI is InChI=1S/C18H18ClNO2S/c19-17-3-1-2-14-12-20(9-8-16(14)17)18(22)13-4-6-15(7-5-13)23-11-10-21/h1-7,21H,8-12H2. The molecule has 0 saturated heterocycles. The van der Waals surface area contributed by atoms with E-state index in [1.54, 1.807) is 11.8 Å². The highest BCUT2D eigenvalue weighted by Gasteiger charge is 2.22. The minimum atomic E-state index is 0.0503. The molecule has 0 fully saturated rings. The second-order valence-electron chi connectivity index (χ2n) is 5.45. The van der Waals surface area contributed by atoms with Gasteiger partial charge in [0.15, 0.2) is 0 Å². The van der Waals surface area contributed by atoms with Gasteiger partial charge in [0.05, 0.1) is 6.61 Å². The van der Waals surface area contributed by atoms with Gasteiger partial charge in [-0.15, -0.1) is 11.8 Å². The number of fused-ring (bicyclic) bond motifs is 1. The maximum absolute atomic E-state index is 12.7. The van der Waals surface area contributed by atoms with E-state index in [1.165, 1.54) is 0 Å². The first kappa shape index (κ1) is 16.4. The summed E-state index contributed by atoms with van der Waals surface area (Å²) in [5.41, 5.74) is 2.99. The maximum Gasteiger partial charge on any atom is 0.254 e. The Balaban J connectivity index is 1.71. The summed E-state index contributed by atoms with van der Waals surface area (Å²) in [6.07, 6.45) is 0.797. The maximum atomic E-state index is 12.7. The van der Waals surface area contributed by atoms with Crippen molar-refractivity contribution in [3.63, 3.8) is 0 Å². The zero-order chi connectivity index (χ0) is 16.2. The number of aliphatic hydroxyl groups is 1. The zero-order valence-corrected chi connectivity index (χ0v) is 14.2. The van der Waals surface area contributed by atoms with Crippen LogP contribution < -0.4 is 0 Å². The van der Waals surface area contributed by atoms with Gasteiger partial charge >= 0.3 is 0 Å². The second kappa shape index (κ2) is 7.39. The average Bonchev–Trinajstić information content (AvgIpc) is 2.60. The minimum Gasteiger partial charge on any atom is -0.396 e. The van der Waals surface area contributed by atoms with Crippen LogP contribution in [0.2, 0.25) is 5.02 Å². The van der Waals surface area contributed by atoms with E-state index in [0.29, 0.717) is 24.4 Å². The Morgan fingerprint density at radius 3 is 2.74 bits per heavy atom. The molecule has 0 bridgehead atoms. The molecule has 0 aliphatic carbocycles. The molecule has 0 aromatic heterocycles. The van der Waals surface area contributed by atoms with Crippen LogP contribution in [0.15, 0.2) is 47.4 Å². The van der Waals surface area contributed by atoms with E-state index in [4.69, 9.17) is 16.7 Å². The van der Waals surface area contributed by atoms with Crippen molar-refractivity contribution in [2.24, 2.45) is 0 Å². The first-order valence-corrected chi connectivity index (χ1v) is 8.94. The lowest BCUT2D eigenvalue weighted by Crippen LogP contribution is -2.36. The number of benzene rings is 2. The Morgan fingerprint density at radius 2 is 2.00 bits per heavy atom. The molecule has 120 valence electrons. The molecule has 0 atom stereocenters. The monoisotopic (exact) mass is 347 g/mol. The highest BCUT2D eigenvalue weighted by Crippen LogP contribution is 2.27. The summed E-state index contributed by atoms with van der Waals surface area (Å²) >= 11 is 7.80. The smallest absolute Gasteiger partial charge is 0.254 e. The molecule has 1 aliphatic rings. The summed E-state index contributed by atoms with van der Waals surface area (Å²) < 4.78 is 0. The number of carbonyl (C=O) groups is 1. The van der Waals surface area contributed by atoms with Gasteiger partial charge in [-0.05, 0) is 47.9 Å². The summed E-state index contributed by atoms with van der Waals surface area (Å²) in [7, 11) is 0. The molecule has 3 rings (SSSR count). The van der Waals surface area contributed by atoms with E-state index in [0.717, 1.165) is 27.5 Å².